The molecule has 1 N–H and O–H groups in total. The molecule has 1 aliphatic rings. The predicted octanol–water partition coefficient (Wildman–Crippen LogP) is 1.72. The van der Waals surface area contributed by atoms with Crippen LogP contribution < -0.4 is 0 Å². The number of carbonyl (C=O) groups excluding carboxylic acids is 1. The van der Waals surface area contributed by atoms with Gasteiger partial charge in [0, 0.05) is 19.5 Å². The van der Waals surface area contributed by atoms with Crippen molar-refractivity contribution in [2.24, 2.45) is 5.92 Å². The molecule has 0 bridgehead atoms. The van der Waals surface area contributed by atoms with Crippen molar-refractivity contribution in [3.63, 3.8) is 0 Å². The van der Waals surface area contributed by atoms with Gasteiger partial charge in [-0.1, -0.05) is 37.3 Å². The van der Waals surface area contributed by atoms with Crippen LogP contribution in [-0.4, -0.2) is 35.0 Å². The second-order valence-electron chi connectivity index (χ2n) is 4.85. The molecule has 1 aliphatic heterocycles. The molecule has 1 aromatic rings. The normalized spacial score (nSPS) is 21.1. The first kappa shape index (κ1) is 12.6. The molecule has 1 saturated heterocycles. The van der Waals surface area contributed by atoms with Crippen LogP contribution in [0.3, 0.4) is 0 Å². The Bertz CT molecular complexity index is 444. The van der Waals surface area contributed by atoms with Crippen LogP contribution in [0.1, 0.15) is 24.8 Å². The van der Waals surface area contributed by atoms with Crippen molar-refractivity contribution in [3.8, 4) is 0 Å². The van der Waals surface area contributed by atoms with Gasteiger partial charge in [0.2, 0.25) is 5.91 Å². The number of likely N-dealkylation sites (tertiary alicyclic amines) is 1. The molecule has 4 heteroatoms. The Balaban J connectivity index is 1.98. The quantitative estimate of drug-likeness (QED) is 0.881. The fourth-order valence-electron chi connectivity index (χ4n) is 2.33. The first-order valence-electron chi connectivity index (χ1n) is 6.13. The second kappa shape index (κ2) is 5.21. The molecule has 2 atom stereocenters. The van der Waals surface area contributed by atoms with Crippen molar-refractivity contribution >= 4 is 11.9 Å². The van der Waals surface area contributed by atoms with E-state index in [0.29, 0.717) is 13.1 Å². The summed E-state index contributed by atoms with van der Waals surface area (Å²) < 4.78 is 0. The summed E-state index contributed by atoms with van der Waals surface area (Å²) in [6.45, 7) is 2.98. The molecule has 0 aliphatic carbocycles. The lowest BCUT2D eigenvalue weighted by Gasteiger charge is -2.21. The number of rotatable bonds is 4. The van der Waals surface area contributed by atoms with E-state index in [-0.39, 0.29) is 18.2 Å². The van der Waals surface area contributed by atoms with Crippen molar-refractivity contribution in [1.29, 1.82) is 0 Å². The van der Waals surface area contributed by atoms with Crippen LogP contribution in [0.5, 0.6) is 0 Å². The molecule has 2 rings (SSSR count). The third kappa shape index (κ3) is 2.70. The Morgan fingerprint density at radius 1 is 1.44 bits per heavy atom. The number of carbonyl (C=O) groups is 2. The fraction of sp³-hybridized carbons (Fsp3) is 0.429. The van der Waals surface area contributed by atoms with Crippen LogP contribution in [0, 0.1) is 5.92 Å². The third-order valence-electron chi connectivity index (χ3n) is 3.43. The van der Waals surface area contributed by atoms with Gasteiger partial charge in [0.15, 0.2) is 0 Å². The van der Waals surface area contributed by atoms with Gasteiger partial charge in [-0.3, -0.25) is 9.59 Å². The van der Waals surface area contributed by atoms with Crippen LogP contribution in [0.4, 0.5) is 0 Å². The lowest BCUT2D eigenvalue weighted by atomic mass is 10.0. The monoisotopic (exact) mass is 247 g/mol. The van der Waals surface area contributed by atoms with Gasteiger partial charge in [0.1, 0.15) is 0 Å². The van der Waals surface area contributed by atoms with Gasteiger partial charge >= 0.3 is 5.97 Å². The Hall–Kier alpha value is -1.84. The fourth-order valence-corrected chi connectivity index (χ4v) is 2.33. The number of nitrogens with zero attached hydrogens (tertiary/aromatic N) is 1. The number of hydrogen-bond donors (Lipinski definition) is 1. The molecule has 0 saturated carbocycles. The first-order chi connectivity index (χ1) is 8.58. The highest BCUT2D eigenvalue weighted by atomic mass is 16.4. The van der Waals surface area contributed by atoms with Crippen molar-refractivity contribution in [3.05, 3.63) is 35.9 Å². The van der Waals surface area contributed by atoms with E-state index in [4.69, 9.17) is 5.11 Å². The van der Waals surface area contributed by atoms with Gasteiger partial charge in [-0.15, -0.1) is 0 Å². The van der Waals surface area contributed by atoms with E-state index >= 15 is 0 Å². The van der Waals surface area contributed by atoms with Crippen LogP contribution in [0.15, 0.2) is 30.3 Å². The van der Waals surface area contributed by atoms with Gasteiger partial charge in [0.25, 0.3) is 0 Å². The summed E-state index contributed by atoms with van der Waals surface area (Å²) in [5.74, 6) is -1.24. The summed E-state index contributed by atoms with van der Waals surface area (Å²) in [6.07, 6.45) is 0.136. The van der Waals surface area contributed by atoms with E-state index in [2.05, 4.69) is 6.92 Å². The molecule has 18 heavy (non-hydrogen) atoms. The van der Waals surface area contributed by atoms with Crippen molar-refractivity contribution < 1.29 is 14.7 Å². The van der Waals surface area contributed by atoms with Crippen LogP contribution >= 0.6 is 0 Å². The third-order valence-corrected chi connectivity index (χ3v) is 3.43. The van der Waals surface area contributed by atoms with Gasteiger partial charge < -0.3 is 10.0 Å². The summed E-state index contributed by atoms with van der Waals surface area (Å²) >= 11 is 0. The zero-order valence-corrected chi connectivity index (χ0v) is 10.4. The molecule has 4 nitrogen and oxygen atoms in total. The number of aliphatic carboxylic acids is 1. The number of hydrogen-bond acceptors (Lipinski definition) is 2. The molecule has 0 radical (unpaired) electrons. The maximum atomic E-state index is 11.7. The topological polar surface area (TPSA) is 57.6 Å². The lowest BCUT2D eigenvalue weighted by molar-refractivity contribution is -0.141. The highest BCUT2D eigenvalue weighted by Gasteiger charge is 2.34. The Morgan fingerprint density at radius 2 is 2.11 bits per heavy atom. The highest BCUT2D eigenvalue weighted by Crippen LogP contribution is 2.22. The van der Waals surface area contributed by atoms with E-state index < -0.39 is 11.9 Å². The summed E-state index contributed by atoms with van der Waals surface area (Å²) in [6, 6.07) is 9.95. The molecule has 0 unspecified atom stereocenters. The highest BCUT2D eigenvalue weighted by molar-refractivity contribution is 5.86. The minimum atomic E-state index is -0.877. The van der Waals surface area contributed by atoms with Gasteiger partial charge in [-0.2, -0.15) is 0 Å². The van der Waals surface area contributed by atoms with E-state index in [9.17, 15) is 9.59 Å². The van der Waals surface area contributed by atoms with Gasteiger partial charge in [-0.05, 0) is 11.5 Å². The average molecular weight is 247 g/mol. The molecule has 1 amide bonds. The maximum absolute atomic E-state index is 11.7. The van der Waals surface area contributed by atoms with Crippen molar-refractivity contribution in [2.75, 3.05) is 13.1 Å². The number of carboxylic acids is 1. The zero-order chi connectivity index (χ0) is 13.1. The van der Waals surface area contributed by atoms with Crippen molar-refractivity contribution in [1.82, 2.24) is 4.90 Å². The Kier molecular flexibility index (Phi) is 3.65. The molecular formula is C14H17NO3. The Labute approximate surface area is 106 Å². The predicted molar refractivity (Wildman–Crippen MR) is 67.2 cm³/mol. The van der Waals surface area contributed by atoms with E-state index in [1.807, 2.05) is 30.3 Å². The summed E-state index contributed by atoms with van der Waals surface area (Å²) in [5.41, 5.74) is 1.17. The lowest BCUT2D eigenvalue weighted by Crippen LogP contribution is -2.30. The summed E-state index contributed by atoms with van der Waals surface area (Å²) in [5, 5.41) is 8.92. The molecule has 96 valence electrons. The SMILES string of the molecule is C[C@@H](CN1C[C@@H](C(=O)O)CC1=O)c1ccccc1. The number of carboxylic acid groups (broad SMARTS) is 1. The van der Waals surface area contributed by atoms with Gasteiger partial charge in [-0.25, -0.2) is 0 Å². The summed E-state index contributed by atoms with van der Waals surface area (Å²) in [7, 11) is 0. The molecular weight excluding hydrogens is 230 g/mol. The smallest absolute Gasteiger partial charge is 0.308 e. The molecule has 1 heterocycles. The molecule has 1 aromatic carbocycles. The summed E-state index contributed by atoms with van der Waals surface area (Å²) in [4.78, 5) is 24.3. The first-order valence-corrected chi connectivity index (χ1v) is 6.13. The van der Waals surface area contributed by atoms with E-state index in [1.54, 1.807) is 4.90 Å². The van der Waals surface area contributed by atoms with Crippen LogP contribution in [0.2, 0.25) is 0 Å². The molecule has 0 spiro atoms. The van der Waals surface area contributed by atoms with Gasteiger partial charge in [0.05, 0.1) is 5.92 Å². The minimum absolute atomic E-state index is 0.0508. The minimum Gasteiger partial charge on any atom is -0.481 e. The maximum Gasteiger partial charge on any atom is 0.308 e. The van der Waals surface area contributed by atoms with E-state index in [1.165, 1.54) is 5.56 Å². The largest absolute Gasteiger partial charge is 0.481 e. The Morgan fingerprint density at radius 3 is 2.67 bits per heavy atom. The average Bonchev–Trinajstić information content (AvgIpc) is 2.72. The number of benzene rings is 1. The van der Waals surface area contributed by atoms with Crippen LogP contribution in [0.25, 0.3) is 0 Å². The van der Waals surface area contributed by atoms with Crippen molar-refractivity contribution in [2.45, 2.75) is 19.3 Å². The second-order valence-corrected chi connectivity index (χ2v) is 4.85. The zero-order valence-electron chi connectivity index (χ0n) is 10.4. The molecule has 0 aromatic heterocycles. The van der Waals surface area contributed by atoms with Crippen LogP contribution in [-0.2, 0) is 9.59 Å². The standard InChI is InChI=1S/C14H17NO3/c1-10(11-5-3-2-4-6-11)8-15-9-12(14(17)18)7-13(15)16/h2-6,10,12H,7-9H2,1H3,(H,17,18)/t10-,12-/m0/s1. The molecule has 1 fully saturated rings. The number of amides is 1. The van der Waals surface area contributed by atoms with E-state index in [0.717, 1.165) is 0 Å².